The minimum absolute atomic E-state index is 0.0434. The SMILES string of the molecule is COc1cc(/C=N\N2[C@H](C)CCC[C@@H]2C)cc(Br)c1OCC(=O)N(C)C. The van der Waals surface area contributed by atoms with Crippen molar-refractivity contribution in [1.82, 2.24) is 9.91 Å². The van der Waals surface area contributed by atoms with Gasteiger partial charge in [-0.2, -0.15) is 5.10 Å². The van der Waals surface area contributed by atoms with Crippen molar-refractivity contribution in [2.24, 2.45) is 5.10 Å². The number of carbonyl (C=O) groups excluding carboxylic acids is 1. The Morgan fingerprint density at radius 1 is 1.35 bits per heavy atom. The van der Waals surface area contributed by atoms with E-state index in [0.717, 1.165) is 10.0 Å². The molecular formula is C19H28BrN3O3. The maximum Gasteiger partial charge on any atom is 0.259 e. The highest BCUT2D eigenvalue weighted by Crippen LogP contribution is 2.36. The molecular weight excluding hydrogens is 398 g/mol. The van der Waals surface area contributed by atoms with E-state index in [0.29, 0.717) is 23.6 Å². The molecule has 7 heteroatoms. The largest absolute Gasteiger partial charge is 0.493 e. The Kier molecular flexibility index (Phi) is 7.32. The van der Waals surface area contributed by atoms with Crippen molar-refractivity contribution in [2.75, 3.05) is 27.8 Å². The molecule has 1 aromatic rings. The molecule has 0 saturated carbocycles. The topological polar surface area (TPSA) is 54.4 Å². The van der Waals surface area contributed by atoms with Crippen molar-refractivity contribution in [3.8, 4) is 11.5 Å². The van der Waals surface area contributed by atoms with E-state index in [9.17, 15) is 4.79 Å². The number of hydrogen-bond acceptors (Lipinski definition) is 5. The van der Waals surface area contributed by atoms with Crippen molar-refractivity contribution in [2.45, 2.75) is 45.2 Å². The smallest absolute Gasteiger partial charge is 0.259 e. The van der Waals surface area contributed by atoms with Crippen molar-refractivity contribution in [3.05, 3.63) is 22.2 Å². The molecule has 26 heavy (non-hydrogen) atoms. The Balaban J connectivity index is 2.17. The zero-order valence-electron chi connectivity index (χ0n) is 16.2. The number of piperidine rings is 1. The quantitative estimate of drug-likeness (QED) is 0.654. The third-order valence-electron chi connectivity index (χ3n) is 4.58. The highest BCUT2D eigenvalue weighted by Gasteiger charge is 2.22. The first-order chi connectivity index (χ1) is 12.3. The molecule has 1 aliphatic rings. The number of benzene rings is 1. The third-order valence-corrected chi connectivity index (χ3v) is 5.17. The van der Waals surface area contributed by atoms with Crippen molar-refractivity contribution >= 4 is 28.1 Å². The average Bonchev–Trinajstić information content (AvgIpc) is 2.59. The highest BCUT2D eigenvalue weighted by atomic mass is 79.9. The Morgan fingerprint density at radius 2 is 2.00 bits per heavy atom. The first kappa shape index (κ1) is 20.6. The fourth-order valence-electron chi connectivity index (χ4n) is 2.99. The summed E-state index contributed by atoms with van der Waals surface area (Å²) in [6.07, 6.45) is 5.44. The maximum absolute atomic E-state index is 11.8. The van der Waals surface area contributed by atoms with E-state index in [-0.39, 0.29) is 12.5 Å². The lowest BCUT2D eigenvalue weighted by Crippen LogP contribution is -2.39. The summed E-state index contributed by atoms with van der Waals surface area (Å²) >= 11 is 3.51. The fourth-order valence-corrected chi connectivity index (χ4v) is 3.56. The summed E-state index contributed by atoms with van der Waals surface area (Å²) in [5, 5.41) is 6.86. The number of nitrogens with zero attached hydrogens (tertiary/aromatic N) is 3. The van der Waals surface area contributed by atoms with Gasteiger partial charge in [0.15, 0.2) is 18.1 Å². The van der Waals surface area contributed by atoms with Gasteiger partial charge in [0.2, 0.25) is 0 Å². The van der Waals surface area contributed by atoms with E-state index in [1.54, 1.807) is 21.2 Å². The van der Waals surface area contributed by atoms with Gasteiger partial charge < -0.3 is 14.4 Å². The second-order valence-corrected chi connectivity index (χ2v) is 7.72. The summed E-state index contributed by atoms with van der Waals surface area (Å²) in [4.78, 5) is 13.2. The number of amides is 1. The van der Waals surface area contributed by atoms with E-state index in [2.05, 4.69) is 39.9 Å². The van der Waals surface area contributed by atoms with Gasteiger partial charge in [0.25, 0.3) is 5.91 Å². The van der Waals surface area contributed by atoms with Crippen LogP contribution in [0.5, 0.6) is 11.5 Å². The lowest BCUT2D eigenvalue weighted by molar-refractivity contribution is -0.130. The summed E-state index contributed by atoms with van der Waals surface area (Å²) in [5.74, 6) is 0.962. The van der Waals surface area contributed by atoms with Crippen LogP contribution < -0.4 is 9.47 Å². The van der Waals surface area contributed by atoms with Crippen LogP contribution >= 0.6 is 15.9 Å². The second kappa shape index (κ2) is 9.26. The number of hydrogen-bond donors (Lipinski definition) is 0. The molecule has 1 aliphatic heterocycles. The van der Waals surface area contributed by atoms with Gasteiger partial charge >= 0.3 is 0 Å². The van der Waals surface area contributed by atoms with E-state index in [1.807, 2.05) is 18.3 Å². The van der Waals surface area contributed by atoms with Crippen molar-refractivity contribution in [1.29, 1.82) is 0 Å². The van der Waals surface area contributed by atoms with E-state index >= 15 is 0 Å². The maximum atomic E-state index is 11.8. The lowest BCUT2D eigenvalue weighted by atomic mass is 10.00. The van der Waals surface area contributed by atoms with Crippen molar-refractivity contribution < 1.29 is 14.3 Å². The normalized spacial score (nSPS) is 20.3. The van der Waals surface area contributed by atoms with Gasteiger partial charge in [0.1, 0.15) is 0 Å². The summed E-state index contributed by atoms with van der Waals surface area (Å²) in [6.45, 7) is 4.38. The van der Waals surface area contributed by atoms with Crippen LogP contribution in [0.1, 0.15) is 38.7 Å². The number of hydrazone groups is 1. The highest BCUT2D eigenvalue weighted by molar-refractivity contribution is 9.10. The van der Waals surface area contributed by atoms with Crippen LogP contribution in [0.4, 0.5) is 0 Å². The molecule has 0 bridgehead atoms. The van der Waals surface area contributed by atoms with Crippen LogP contribution in [-0.2, 0) is 4.79 Å². The number of rotatable bonds is 6. The van der Waals surface area contributed by atoms with Crippen LogP contribution in [0.2, 0.25) is 0 Å². The second-order valence-electron chi connectivity index (χ2n) is 6.86. The van der Waals surface area contributed by atoms with Gasteiger partial charge in [0.05, 0.1) is 17.8 Å². The minimum atomic E-state index is -0.113. The molecule has 0 radical (unpaired) electrons. The molecule has 0 unspecified atom stereocenters. The molecule has 6 nitrogen and oxygen atoms in total. The number of ether oxygens (including phenoxy) is 2. The molecule has 1 amide bonds. The van der Waals surface area contributed by atoms with Gasteiger partial charge in [0, 0.05) is 26.2 Å². The molecule has 1 fully saturated rings. The number of methoxy groups -OCH3 is 1. The Morgan fingerprint density at radius 3 is 2.58 bits per heavy atom. The molecule has 2 atom stereocenters. The molecule has 0 aliphatic carbocycles. The van der Waals surface area contributed by atoms with E-state index in [1.165, 1.54) is 24.2 Å². The molecule has 1 aromatic carbocycles. The number of halogens is 1. The standard InChI is InChI=1S/C19H28BrN3O3/c1-13-7-6-8-14(2)23(13)21-11-15-9-16(20)19(17(10-15)25-5)26-12-18(24)22(3)4/h9-11,13-14H,6-8,12H2,1-5H3/b21-11-/t13-,14+. The summed E-state index contributed by atoms with van der Waals surface area (Å²) in [7, 11) is 4.97. The minimum Gasteiger partial charge on any atom is -0.493 e. The lowest BCUT2D eigenvalue weighted by Gasteiger charge is -2.36. The fraction of sp³-hybridized carbons (Fsp3) is 0.579. The number of likely N-dealkylation sites (N-methyl/N-ethyl adjacent to an activating group) is 1. The molecule has 0 spiro atoms. The summed E-state index contributed by atoms with van der Waals surface area (Å²) in [5.41, 5.74) is 0.907. The molecule has 1 saturated heterocycles. The Bertz CT molecular complexity index is 654. The van der Waals surface area contributed by atoms with Crippen molar-refractivity contribution in [3.63, 3.8) is 0 Å². The van der Waals surface area contributed by atoms with E-state index < -0.39 is 0 Å². The van der Waals surface area contributed by atoms with Gasteiger partial charge in [-0.1, -0.05) is 0 Å². The molecule has 0 aromatic heterocycles. The predicted octanol–water partition coefficient (Wildman–Crippen LogP) is 3.52. The van der Waals surface area contributed by atoms with Gasteiger partial charge in [-0.05, 0) is 66.7 Å². The van der Waals surface area contributed by atoms with Crippen LogP contribution in [0.3, 0.4) is 0 Å². The van der Waals surface area contributed by atoms with Gasteiger partial charge in [-0.25, -0.2) is 0 Å². The molecule has 1 heterocycles. The Hall–Kier alpha value is -1.76. The van der Waals surface area contributed by atoms with Gasteiger partial charge in [-0.15, -0.1) is 0 Å². The zero-order valence-corrected chi connectivity index (χ0v) is 17.7. The first-order valence-corrected chi connectivity index (χ1v) is 9.65. The van der Waals surface area contributed by atoms with E-state index in [4.69, 9.17) is 9.47 Å². The monoisotopic (exact) mass is 425 g/mol. The predicted molar refractivity (Wildman–Crippen MR) is 107 cm³/mol. The zero-order chi connectivity index (χ0) is 19.3. The molecule has 144 valence electrons. The average molecular weight is 426 g/mol. The van der Waals surface area contributed by atoms with Crippen LogP contribution in [-0.4, -0.2) is 61.9 Å². The first-order valence-electron chi connectivity index (χ1n) is 8.86. The molecule has 2 rings (SSSR count). The summed E-state index contributed by atoms with van der Waals surface area (Å²) in [6, 6.07) is 4.67. The molecule has 0 N–H and O–H groups in total. The number of carbonyl (C=O) groups is 1. The van der Waals surface area contributed by atoms with Crippen LogP contribution in [0.25, 0.3) is 0 Å². The van der Waals surface area contributed by atoms with Crippen LogP contribution in [0.15, 0.2) is 21.7 Å². The third kappa shape index (κ3) is 5.13. The summed E-state index contributed by atoms with van der Waals surface area (Å²) < 4.78 is 11.8. The van der Waals surface area contributed by atoms with Gasteiger partial charge in [-0.3, -0.25) is 9.80 Å². The Labute approximate surface area is 164 Å². The van der Waals surface area contributed by atoms with Crippen LogP contribution in [0, 0.1) is 0 Å².